The average Bonchev–Trinajstić information content (AvgIpc) is 2.56. The summed E-state index contributed by atoms with van der Waals surface area (Å²) in [6.07, 6.45) is 1.16. The second-order valence-electron chi connectivity index (χ2n) is 5.59. The topological polar surface area (TPSA) is 84.5 Å². The number of rotatable bonds is 6. The number of benzene rings is 2. The molecule has 0 aliphatic carbocycles. The van der Waals surface area contributed by atoms with Gasteiger partial charge in [0, 0.05) is 6.26 Å². The van der Waals surface area contributed by atoms with Gasteiger partial charge in [0.05, 0.1) is 23.2 Å². The third kappa shape index (κ3) is 5.22. The normalized spacial score (nSPS) is 12.3. The highest BCUT2D eigenvalue weighted by atomic mass is 32.2. The van der Waals surface area contributed by atoms with Crippen molar-refractivity contribution >= 4 is 21.6 Å². The van der Waals surface area contributed by atoms with Crippen molar-refractivity contribution in [2.24, 2.45) is 0 Å². The lowest BCUT2D eigenvalue weighted by atomic mass is 10.1. The monoisotopic (exact) mass is 362 g/mol. The Kier molecular flexibility index (Phi) is 6.03. The molecule has 2 aromatic carbocycles. The van der Waals surface area contributed by atoms with E-state index >= 15 is 0 Å². The minimum absolute atomic E-state index is 0.249. The Balaban J connectivity index is 2.03. The molecule has 7 heteroatoms. The van der Waals surface area contributed by atoms with Crippen LogP contribution in [0.15, 0.2) is 53.4 Å². The van der Waals surface area contributed by atoms with Gasteiger partial charge in [-0.15, -0.1) is 0 Å². The van der Waals surface area contributed by atoms with E-state index in [4.69, 9.17) is 4.74 Å². The Hall–Kier alpha value is -2.54. The smallest absolute Gasteiger partial charge is 0.319 e. The lowest BCUT2D eigenvalue weighted by molar-refractivity contribution is 0.249. The number of nitrogens with one attached hydrogen (secondary N) is 2. The second kappa shape index (κ2) is 8.02. The van der Waals surface area contributed by atoms with Crippen LogP contribution in [0.25, 0.3) is 0 Å². The molecule has 0 aliphatic heterocycles. The number of carbonyl (C=O) groups excluding carboxylic acids is 1. The fourth-order valence-electron chi connectivity index (χ4n) is 2.29. The number of sulfone groups is 1. The van der Waals surface area contributed by atoms with Gasteiger partial charge in [-0.05, 0) is 43.7 Å². The molecule has 0 spiro atoms. The lowest BCUT2D eigenvalue weighted by Crippen LogP contribution is -2.31. The number of anilines is 1. The number of amides is 2. The van der Waals surface area contributed by atoms with Crippen molar-refractivity contribution in [1.29, 1.82) is 0 Å². The number of hydrogen-bond acceptors (Lipinski definition) is 4. The first-order valence-corrected chi connectivity index (χ1v) is 9.79. The Morgan fingerprint density at radius 1 is 1.12 bits per heavy atom. The molecule has 0 aliphatic rings. The molecular weight excluding hydrogens is 340 g/mol. The third-order valence-corrected chi connectivity index (χ3v) is 4.72. The maximum Gasteiger partial charge on any atom is 0.319 e. The van der Waals surface area contributed by atoms with Crippen LogP contribution < -0.4 is 15.4 Å². The van der Waals surface area contributed by atoms with Crippen LogP contribution in [0, 0.1) is 0 Å². The van der Waals surface area contributed by atoms with Crippen molar-refractivity contribution in [1.82, 2.24) is 5.32 Å². The molecule has 1 atom stereocenters. The van der Waals surface area contributed by atoms with Gasteiger partial charge in [0.2, 0.25) is 0 Å². The van der Waals surface area contributed by atoms with E-state index in [1.165, 1.54) is 12.1 Å². The van der Waals surface area contributed by atoms with E-state index in [9.17, 15) is 13.2 Å². The molecule has 2 amide bonds. The zero-order valence-corrected chi connectivity index (χ0v) is 15.3. The molecule has 0 saturated heterocycles. The van der Waals surface area contributed by atoms with Gasteiger partial charge in [0.1, 0.15) is 5.75 Å². The van der Waals surface area contributed by atoms with E-state index in [0.717, 1.165) is 11.8 Å². The Morgan fingerprint density at radius 2 is 1.76 bits per heavy atom. The van der Waals surface area contributed by atoms with Gasteiger partial charge >= 0.3 is 6.03 Å². The van der Waals surface area contributed by atoms with Crippen LogP contribution in [0.4, 0.5) is 10.5 Å². The molecule has 134 valence electrons. The molecule has 2 aromatic rings. The van der Waals surface area contributed by atoms with Gasteiger partial charge in [-0.2, -0.15) is 0 Å². The summed E-state index contributed by atoms with van der Waals surface area (Å²) < 4.78 is 28.5. The molecule has 0 heterocycles. The molecule has 1 unspecified atom stereocenters. The van der Waals surface area contributed by atoms with Crippen LogP contribution >= 0.6 is 0 Å². The summed E-state index contributed by atoms with van der Waals surface area (Å²) >= 11 is 0. The van der Waals surface area contributed by atoms with E-state index < -0.39 is 9.84 Å². The molecule has 0 saturated carbocycles. The second-order valence-corrected chi connectivity index (χ2v) is 7.61. The molecule has 6 nitrogen and oxygen atoms in total. The average molecular weight is 362 g/mol. The summed E-state index contributed by atoms with van der Waals surface area (Å²) in [5.74, 6) is 0.602. The van der Waals surface area contributed by atoms with E-state index in [1.807, 2.05) is 26.0 Å². The van der Waals surface area contributed by atoms with Crippen molar-refractivity contribution in [3.05, 3.63) is 54.1 Å². The predicted molar refractivity (Wildman–Crippen MR) is 97.7 cm³/mol. The standard InChI is InChI=1S/C18H22N2O4S/c1-4-24-17-8-6-5-7-16(17)20-18(21)19-13(2)14-9-11-15(12-10-14)25(3,22)23/h5-13H,4H2,1-3H3,(H2,19,20,21). The largest absolute Gasteiger partial charge is 0.492 e. The van der Waals surface area contributed by atoms with Crippen molar-refractivity contribution in [2.45, 2.75) is 24.8 Å². The number of para-hydroxylation sites is 2. The van der Waals surface area contributed by atoms with Crippen LogP contribution in [0.2, 0.25) is 0 Å². The first-order chi connectivity index (χ1) is 11.8. The summed E-state index contributed by atoms with van der Waals surface area (Å²) in [4.78, 5) is 12.5. The van der Waals surface area contributed by atoms with E-state index in [-0.39, 0.29) is 17.0 Å². The van der Waals surface area contributed by atoms with E-state index in [0.29, 0.717) is 18.0 Å². The van der Waals surface area contributed by atoms with Crippen molar-refractivity contribution in [3.63, 3.8) is 0 Å². The van der Waals surface area contributed by atoms with E-state index in [2.05, 4.69) is 10.6 Å². The zero-order chi connectivity index (χ0) is 18.4. The molecule has 0 aromatic heterocycles. The van der Waals surface area contributed by atoms with Crippen molar-refractivity contribution in [3.8, 4) is 5.75 Å². The van der Waals surface area contributed by atoms with Crippen LogP contribution in [0.1, 0.15) is 25.5 Å². The molecule has 0 fully saturated rings. The van der Waals surface area contributed by atoms with Crippen LogP contribution in [0.5, 0.6) is 5.75 Å². The van der Waals surface area contributed by atoms with Crippen molar-refractivity contribution in [2.75, 3.05) is 18.2 Å². The van der Waals surface area contributed by atoms with Crippen LogP contribution in [-0.2, 0) is 9.84 Å². The first-order valence-electron chi connectivity index (χ1n) is 7.90. The van der Waals surface area contributed by atoms with E-state index in [1.54, 1.807) is 24.3 Å². The van der Waals surface area contributed by atoms with Crippen LogP contribution in [-0.4, -0.2) is 27.3 Å². The molecule has 2 N–H and O–H groups in total. The van der Waals surface area contributed by atoms with Gasteiger partial charge in [-0.25, -0.2) is 13.2 Å². The molecule has 0 bridgehead atoms. The predicted octanol–water partition coefficient (Wildman–Crippen LogP) is 3.37. The number of urea groups is 1. The zero-order valence-electron chi connectivity index (χ0n) is 14.4. The number of hydrogen-bond donors (Lipinski definition) is 2. The minimum atomic E-state index is -3.23. The first kappa shape index (κ1) is 18.8. The van der Waals surface area contributed by atoms with Crippen molar-refractivity contribution < 1.29 is 17.9 Å². The maximum absolute atomic E-state index is 12.2. The Bertz CT molecular complexity index is 832. The van der Waals surface area contributed by atoms with Gasteiger partial charge < -0.3 is 15.4 Å². The summed E-state index contributed by atoms with van der Waals surface area (Å²) in [6, 6.07) is 13.0. The Morgan fingerprint density at radius 3 is 2.36 bits per heavy atom. The summed E-state index contributed by atoms with van der Waals surface area (Å²) in [6.45, 7) is 4.20. The lowest BCUT2D eigenvalue weighted by Gasteiger charge is -2.17. The molecule has 0 radical (unpaired) electrons. The van der Waals surface area contributed by atoms with Gasteiger partial charge in [0.15, 0.2) is 9.84 Å². The number of ether oxygens (including phenoxy) is 1. The highest BCUT2D eigenvalue weighted by molar-refractivity contribution is 7.90. The number of carbonyl (C=O) groups is 1. The summed E-state index contributed by atoms with van der Waals surface area (Å²) in [7, 11) is -3.23. The molecule has 25 heavy (non-hydrogen) atoms. The highest BCUT2D eigenvalue weighted by Gasteiger charge is 2.13. The summed E-state index contributed by atoms with van der Waals surface area (Å²) in [5, 5.41) is 5.58. The maximum atomic E-state index is 12.2. The minimum Gasteiger partial charge on any atom is -0.492 e. The molecular formula is C18H22N2O4S. The quantitative estimate of drug-likeness (QED) is 0.825. The van der Waals surface area contributed by atoms with Gasteiger partial charge in [-0.1, -0.05) is 24.3 Å². The summed E-state index contributed by atoms with van der Waals surface area (Å²) in [5.41, 5.74) is 1.39. The third-order valence-electron chi connectivity index (χ3n) is 3.59. The SMILES string of the molecule is CCOc1ccccc1NC(=O)NC(C)c1ccc(S(C)(=O)=O)cc1. The fraction of sp³-hybridized carbons (Fsp3) is 0.278. The fourth-order valence-corrected chi connectivity index (χ4v) is 2.92. The molecule has 2 rings (SSSR count). The van der Waals surface area contributed by atoms with Gasteiger partial charge in [0.25, 0.3) is 0 Å². The van der Waals surface area contributed by atoms with Gasteiger partial charge in [-0.3, -0.25) is 0 Å². The van der Waals surface area contributed by atoms with Crippen LogP contribution in [0.3, 0.4) is 0 Å². The Labute approximate surface area is 148 Å². The highest BCUT2D eigenvalue weighted by Crippen LogP contribution is 2.24.